The highest BCUT2D eigenvalue weighted by molar-refractivity contribution is 5.79. The summed E-state index contributed by atoms with van der Waals surface area (Å²) in [6.45, 7) is 2.09. The molecule has 1 aromatic rings. The Bertz CT molecular complexity index is 483. The third kappa shape index (κ3) is 4.08. The molecule has 0 aliphatic heterocycles. The van der Waals surface area contributed by atoms with E-state index in [0.29, 0.717) is 18.1 Å². The van der Waals surface area contributed by atoms with E-state index in [9.17, 15) is 4.79 Å². The van der Waals surface area contributed by atoms with Crippen molar-refractivity contribution in [1.29, 1.82) is 0 Å². The van der Waals surface area contributed by atoms with Crippen molar-refractivity contribution in [2.45, 2.75) is 19.3 Å². The average Bonchev–Trinajstić information content (AvgIpc) is 2.48. The lowest BCUT2D eigenvalue weighted by molar-refractivity contribution is -0.143. The van der Waals surface area contributed by atoms with Gasteiger partial charge in [-0.3, -0.25) is 10.2 Å². The van der Waals surface area contributed by atoms with Crippen LogP contribution in [0.5, 0.6) is 5.88 Å². The largest absolute Gasteiger partial charge is 0.481 e. The number of pyridine rings is 1. The van der Waals surface area contributed by atoms with Crippen molar-refractivity contribution in [2.24, 2.45) is 5.73 Å². The number of carbonyl (C=O) groups excluding carboxylic acids is 1. The maximum Gasteiger partial charge on any atom is 0.306 e. The highest BCUT2D eigenvalue weighted by Crippen LogP contribution is 2.27. The van der Waals surface area contributed by atoms with Crippen molar-refractivity contribution >= 4 is 12.2 Å². The molecule has 0 aliphatic carbocycles. The Labute approximate surface area is 118 Å². The maximum absolute atomic E-state index is 11.7. The van der Waals surface area contributed by atoms with E-state index < -0.39 is 0 Å². The fourth-order valence-corrected chi connectivity index (χ4v) is 1.82. The topological polar surface area (TPSA) is 100 Å². The molecule has 1 aromatic heterocycles. The van der Waals surface area contributed by atoms with E-state index in [2.05, 4.69) is 4.98 Å². The summed E-state index contributed by atoms with van der Waals surface area (Å²) in [5.74, 6) is -0.101. The Morgan fingerprint density at radius 1 is 1.55 bits per heavy atom. The predicted octanol–water partition coefficient (Wildman–Crippen LogP) is -0.200. The smallest absolute Gasteiger partial charge is 0.306 e. The molecule has 1 heterocycles. The fourth-order valence-electron chi connectivity index (χ4n) is 1.82. The minimum atomic E-state index is -0.311. The Hall–Kier alpha value is -2.37. The van der Waals surface area contributed by atoms with Crippen LogP contribution in [0, 0.1) is 0 Å². The van der Waals surface area contributed by atoms with E-state index in [1.807, 2.05) is 6.07 Å². The zero-order valence-corrected chi connectivity index (χ0v) is 11.7. The van der Waals surface area contributed by atoms with Crippen LogP contribution in [-0.4, -0.2) is 30.9 Å². The molecule has 0 aliphatic rings. The van der Waals surface area contributed by atoms with Crippen molar-refractivity contribution in [2.75, 3.05) is 13.7 Å². The highest BCUT2D eigenvalue weighted by Gasteiger charge is 2.22. The van der Waals surface area contributed by atoms with Gasteiger partial charge in [-0.1, -0.05) is 6.07 Å². The lowest BCUT2D eigenvalue weighted by atomic mass is 9.90. The zero-order chi connectivity index (χ0) is 15.0. The van der Waals surface area contributed by atoms with Crippen molar-refractivity contribution < 1.29 is 19.7 Å². The number of nitrogens with two attached hydrogens (primary N) is 2. The molecule has 1 unspecified atom stereocenters. The summed E-state index contributed by atoms with van der Waals surface area (Å²) in [5.41, 5.74) is 7.02. The van der Waals surface area contributed by atoms with E-state index >= 15 is 0 Å². The molecule has 1 rings (SSSR count). The first kappa shape index (κ1) is 15.7. The molecule has 6 nitrogen and oxygen atoms in total. The van der Waals surface area contributed by atoms with Crippen LogP contribution in [0.3, 0.4) is 0 Å². The number of aromatic nitrogens is 1. The fraction of sp³-hybridized carbons (Fsp3) is 0.357. The molecule has 0 spiro atoms. The average molecular weight is 278 g/mol. The first-order valence-electron chi connectivity index (χ1n) is 6.28. The molecule has 0 fully saturated rings. The second-order valence-electron chi connectivity index (χ2n) is 4.03. The SMILES string of the molecule is CCOC(=O)CC(/C(C=[NH2+])=C/N)c1ccc(OC)nc1. The molecule has 0 aromatic carbocycles. The minimum absolute atomic E-state index is 0.151. The van der Waals surface area contributed by atoms with Gasteiger partial charge < -0.3 is 15.2 Å². The summed E-state index contributed by atoms with van der Waals surface area (Å²) in [6, 6.07) is 3.54. The minimum Gasteiger partial charge on any atom is -0.481 e. The van der Waals surface area contributed by atoms with Gasteiger partial charge >= 0.3 is 5.97 Å². The lowest BCUT2D eigenvalue weighted by Gasteiger charge is -2.15. The second kappa shape index (κ2) is 7.93. The van der Waals surface area contributed by atoms with Crippen LogP contribution in [0.4, 0.5) is 0 Å². The van der Waals surface area contributed by atoms with Gasteiger partial charge in [-0.2, -0.15) is 0 Å². The molecule has 0 saturated heterocycles. The monoisotopic (exact) mass is 278 g/mol. The molecule has 0 amide bonds. The number of nitrogens with zero attached hydrogens (tertiary/aromatic N) is 1. The van der Waals surface area contributed by atoms with Gasteiger partial charge in [-0.15, -0.1) is 0 Å². The molecule has 0 bridgehead atoms. The molecule has 108 valence electrons. The Morgan fingerprint density at radius 3 is 2.75 bits per heavy atom. The number of esters is 1. The van der Waals surface area contributed by atoms with E-state index in [1.165, 1.54) is 19.5 Å². The molecular formula is C14H20N3O3+. The predicted molar refractivity (Wildman–Crippen MR) is 75.0 cm³/mol. The van der Waals surface area contributed by atoms with Crippen LogP contribution in [0.2, 0.25) is 0 Å². The van der Waals surface area contributed by atoms with Gasteiger partial charge in [0.15, 0.2) is 6.21 Å². The number of hydrogen-bond acceptors (Lipinski definition) is 5. The van der Waals surface area contributed by atoms with Gasteiger partial charge in [-0.25, -0.2) is 4.98 Å². The van der Waals surface area contributed by atoms with Crippen molar-refractivity contribution in [3.05, 3.63) is 35.7 Å². The molecule has 1 atom stereocenters. The second-order valence-corrected chi connectivity index (χ2v) is 4.03. The van der Waals surface area contributed by atoms with Gasteiger partial charge in [0.25, 0.3) is 0 Å². The van der Waals surface area contributed by atoms with E-state index in [1.54, 1.807) is 19.2 Å². The number of carbonyl (C=O) groups is 1. The van der Waals surface area contributed by atoms with Crippen molar-refractivity contribution in [1.82, 2.24) is 4.98 Å². The molecule has 0 saturated carbocycles. The standard InChI is InChI=1S/C14H19N3O3/c1-3-20-14(18)6-12(11(7-15)8-16)10-4-5-13(19-2)17-9-10/h4-5,7-9,12,15H,3,6,16H2,1-2H3/p+1/b11-8+,15-7?. The molecule has 6 heteroatoms. The number of methoxy groups -OCH3 is 1. The Morgan fingerprint density at radius 2 is 2.30 bits per heavy atom. The Balaban J connectivity index is 3.02. The summed E-state index contributed by atoms with van der Waals surface area (Å²) in [5, 5.41) is 5.56. The summed E-state index contributed by atoms with van der Waals surface area (Å²) in [7, 11) is 1.54. The van der Waals surface area contributed by atoms with E-state index in [-0.39, 0.29) is 18.3 Å². The first-order chi connectivity index (χ1) is 9.65. The van der Waals surface area contributed by atoms with E-state index in [0.717, 1.165) is 5.56 Å². The highest BCUT2D eigenvalue weighted by atomic mass is 16.5. The maximum atomic E-state index is 11.7. The van der Waals surface area contributed by atoms with Gasteiger partial charge in [0, 0.05) is 30.0 Å². The van der Waals surface area contributed by atoms with Gasteiger partial charge in [-0.05, 0) is 12.5 Å². The molecule has 20 heavy (non-hydrogen) atoms. The number of ether oxygens (including phenoxy) is 2. The normalized spacial score (nSPS) is 12.6. The van der Waals surface area contributed by atoms with Crippen molar-refractivity contribution in [3.63, 3.8) is 0 Å². The van der Waals surface area contributed by atoms with Crippen LogP contribution >= 0.6 is 0 Å². The quantitative estimate of drug-likeness (QED) is 0.531. The Kier molecular flexibility index (Phi) is 6.22. The third-order valence-corrected chi connectivity index (χ3v) is 2.83. The molecule has 0 radical (unpaired) electrons. The summed E-state index contributed by atoms with van der Waals surface area (Å²) in [6.07, 6.45) is 4.55. The number of allylic oxidation sites excluding steroid dienone is 1. The summed E-state index contributed by atoms with van der Waals surface area (Å²) >= 11 is 0. The van der Waals surface area contributed by atoms with Crippen LogP contribution in [-0.2, 0) is 9.53 Å². The van der Waals surface area contributed by atoms with Gasteiger partial charge in [0.1, 0.15) is 0 Å². The number of hydrogen-bond donors (Lipinski definition) is 2. The van der Waals surface area contributed by atoms with Gasteiger partial charge in [0.05, 0.1) is 20.1 Å². The van der Waals surface area contributed by atoms with Crippen molar-refractivity contribution in [3.8, 4) is 5.88 Å². The summed E-state index contributed by atoms with van der Waals surface area (Å²) in [4.78, 5) is 15.8. The summed E-state index contributed by atoms with van der Waals surface area (Å²) < 4.78 is 9.98. The molecule has 4 N–H and O–H groups in total. The van der Waals surface area contributed by atoms with Crippen LogP contribution in [0.15, 0.2) is 30.1 Å². The van der Waals surface area contributed by atoms with E-state index in [4.69, 9.17) is 20.6 Å². The third-order valence-electron chi connectivity index (χ3n) is 2.83. The first-order valence-corrected chi connectivity index (χ1v) is 6.28. The van der Waals surface area contributed by atoms with Crippen LogP contribution in [0.1, 0.15) is 24.8 Å². The zero-order valence-electron chi connectivity index (χ0n) is 11.7. The number of rotatable bonds is 7. The lowest BCUT2D eigenvalue weighted by Crippen LogP contribution is -2.32. The van der Waals surface area contributed by atoms with Gasteiger partial charge in [0.2, 0.25) is 5.88 Å². The van der Waals surface area contributed by atoms with Crippen LogP contribution < -0.4 is 15.9 Å². The molecular weight excluding hydrogens is 258 g/mol. The van der Waals surface area contributed by atoms with Crippen LogP contribution in [0.25, 0.3) is 0 Å².